The van der Waals surface area contributed by atoms with Gasteiger partial charge in [-0.15, -0.1) is 12.4 Å². The van der Waals surface area contributed by atoms with Crippen molar-refractivity contribution in [1.82, 2.24) is 15.1 Å². The number of hydrogen-bond donors (Lipinski definition) is 3. The van der Waals surface area contributed by atoms with Gasteiger partial charge in [0, 0.05) is 31.2 Å². The van der Waals surface area contributed by atoms with E-state index in [2.05, 4.69) is 24.3 Å². The molecule has 0 aliphatic heterocycles. The number of nitrogens with zero attached hydrogens (tertiary/aromatic N) is 2. The van der Waals surface area contributed by atoms with E-state index in [-0.39, 0.29) is 36.2 Å². The Kier molecular flexibility index (Phi) is 8.19. The van der Waals surface area contributed by atoms with Crippen LogP contribution in [0, 0.1) is 5.92 Å². The highest BCUT2D eigenvalue weighted by atomic mass is 35.5. The number of rotatable bonds is 8. The van der Waals surface area contributed by atoms with Crippen LogP contribution in [-0.2, 0) is 21.4 Å². The molecule has 0 saturated carbocycles. The van der Waals surface area contributed by atoms with E-state index in [0.29, 0.717) is 12.5 Å². The van der Waals surface area contributed by atoms with Crippen LogP contribution in [0.15, 0.2) is 17.3 Å². The Labute approximate surface area is 143 Å². The lowest BCUT2D eigenvalue weighted by molar-refractivity contribution is -0.123. The summed E-state index contributed by atoms with van der Waals surface area (Å²) in [5.74, 6) is 0.263. The fraction of sp³-hybridized carbons (Fsp3) is 0.692. The minimum Gasteiger partial charge on any atom is -0.350 e. The van der Waals surface area contributed by atoms with Crippen molar-refractivity contribution in [3.8, 4) is 0 Å². The van der Waals surface area contributed by atoms with Gasteiger partial charge in [0.25, 0.3) is 0 Å². The molecule has 1 amide bonds. The smallest absolute Gasteiger partial charge is 0.241 e. The number of aryl methyl sites for hydroxylation is 1. The minimum absolute atomic E-state index is 0. The van der Waals surface area contributed by atoms with Gasteiger partial charge in [-0.25, -0.2) is 13.6 Å². The predicted octanol–water partition coefficient (Wildman–Crippen LogP) is 0.222. The molecule has 23 heavy (non-hydrogen) atoms. The molecule has 1 aromatic rings. The Balaban J connectivity index is 0.00000484. The molecule has 1 rings (SSSR count). The van der Waals surface area contributed by atoms with E-state index in [0.717, 1.165) is 12.6 Å². The van der Waals surface area contributed by atoms with Gasteiger partial charge in [-0.1, -0.05) is 13.8 Å². The van der Waals surface area contributed by atoms with E-state index >= 15 is 0 Å². The van der Waals surface area contributed by atoms with Crippen LogP contribution in [0.2, 0.25) is 0 Å². The van der Waals surface area contributed by atoms with Crippen molar-refractivity contribution in [2.75, 3.05) is 6.54 Å². The number of aromatic nitrogens is 2. The summed E-state index contributed by atoms with van der Waals surface area (Å²) in [6.45, 7) is 6.67. The first kappa shape index (κ1) is 21.8. The van der Waals surface area contributed by atoms with Crippen LogP contribution in [0.4, 0.5) is 0 Å². The van der Waals surface area contributed by atoms with Gasteiger partial charge in [-0.3, -0.25) is 9.48 Å². The van der Waals surface area contributed by atoms with E-state index in [1.165, 1.54) is 10.9 Å². The highest BCUT2D eigenvalue weighted by Gasteiger charge is 2.25. The van der Waals surface area contributed by atoms with E-state index < -0.39 is 15.6 Å². The summed E-state index contributed by atoms with van der Waals surface area (Å²) in [5.41, 5.74) is 5.31. The molecule has 1 atom stereocenters. The molecule has 134 valence electrons. The van der Waals surface area contributed by atoms with Crippen molar-refractivity contribution in [2.45, 2.75) is 50.6 Å². The summed E-state index contributed by atoms with van der Waals surface area (Å²) in [7, 11) is -3.77. The lowest BCUT2D eigenvalue weighted by Gasteiger charge is -2.31. The van der Waals surface area contributed by atoms with Crippen LogP contribution in [0.5, 0.6) is 0 Å². The number of carbonyl (C=O) groups is 1. The van der Waals surface area contributed by atoms with Crippen LogP contribution >= 0.6 is 12.4 Å². The number of primary sulfonamides is 1. The zero-order chi connectivity index (χ0) is 17.0. The van der Waals surface area contributed by atoms with Gasteiger partial charge in [-0.05, 0) is 19.3 Å². The molecule has 1 aromatic heterocycles. The predicted molar refractivity (Wildman–Crippen MR) is 90.5 cm³/mol. The minimum atomic E-state index is -3.77. The van der Waals surface area contributed by atoms with Crippen LogP contribution in [0.1, 0.15) is 33.6 Å². The normalized spacial score (nSPS) is 14.2. The van der Waals surface area contributed by atoms with Crippen LogP contribution in [0.25, 0.3) is 0 Å². The Bertz CT molecular complexity index is 617. The van der Waals surface area contributed by atoms with E-state index in [9.17, 15) is 13.2 Å². The molecular formula is C13H26ClN5O3S. The van der Waals surface area contributed by atoms with Crippen LogP contribution in [0.3, 0.4) is 0 Å². The Morgan fingerprint density at radius 2 is 2.09 bits per heavy atom. The standard InChI is InChI=1S/C13H25N5O3S.ClH/c1-10(2)6-13(3,9-14)17-12(19)4-5-18-8-11(7-16-18)22(15,20)21;/h7-8,10H,4-6,9,14H2,1-3H3,(H,17,19)(H2,15,20,21);1H. The van der Waals surface area contributed by atoms with Gasteiger partial charge in [0.05, 0.1) is 6.20 Å². The second kappa shape index (κ2) is 8.62. The van der Waals surface area contributed by atoms with Gasteiger partial charge in [0.15, 0.2) is 0 Å². The summed E-state index contributed by atoms with van der Waals surface area (Å²) in [4.78, 5) is 12.0. The molecule has 0 aromatic carbocycles. The topological polar surface area (TPSA) is 133 Å². The maximum absolute atomic E-state index is 12.0. The summed E-state index contributed by atoms with van der Waals surface area (Å²) < 4.78 is 23.7. The second-order valence-electron chi connectivity index (χ2n) is 6.15. The highest BCUT2D eigenvalue weighted by molar-refractivity contribution is 7.89. The number of amides is 1. The molecule has 0 fully saturated rings. The first-order valence-corrected chi connectivity index (χ1v) is 8.67. The molecule has 5 N–H and O–H groups in total. The van der Waals surface area contributed by atoms with Gasteiger partial charge in [0.2, 0.25) is 15.9 Å². The number of sulfonamides is 1. The summed E-state index contributed by atoms with van der Waals surface area (Å²) in [5, 5.41) is 11.8. The Morgan fingerprint density at radius 1 is 1.48 bits per heavy atom. The lowest BCUT2D eigenvalue weighted by atomic mass is 9.90. The summed E-state index contributed by atoms with van der Waals surface area (Å²) in [6.07, 6.45) is 3.43. The van der Waals surface area contributed by atoms with Gasteiger partial charge in [-0.2, -0.15) is 5.10 Å². The van der Waals surface area contributed by atoms with Gasteiger partial charge < -0.3 is 11.1 Å². The molecule has 1 unspecified atom stereocenters. The molecule has 0 bridgehead atoms. The Morgan fingerprint density at radius 3 is 2.52 bits per heavy atom. The third kappa shape index (κ3) is 7.30. The molecule has 0 aliphatic carbocycles. The van der Waals surface area contributed by atoms with Crippen molar-refractivity contribution >= 4 is 28.3 Å². The maximum atomic E-state index is 12.0. The van der Waals surface area contributed by atoms with E-state index in [1.54, 1.807) is 0 Å². The molecular weight excluding hydrogens is 342 g/mol. The fourth-order valence-electron chi connectivity index (χ4n) is 2.32. The fourth-order valence-corrected chi connectivity index (χ4v) is 2.78. The number of nitrogens with one attached hydrogen (secondary N) is 1. The van der Waals surface area contributed by atoms with Crippen molar-refractivity contribution in [3.05, 3.63) is 12.4 Å². The number of carbonyl (C=O) groups excluding carboxylic acids is 1. The monoisotopic (exact) mass is 367 g/mol. The third-order valence-electron chi connectivity index (χ3n) is 3.26. The Hall–Kier alpha value is -1.16. The maximum Gasteiger partial charge on any atom is 0.241 e. The molecule has 10 heteroatoms. The van der Waals surface area contributed by atoms with E-state index in [4.69, 9.17) is 10.9 Å². The zero-order valence-corrected chi connectivity index (χ0v) is 15.3. The lowest BCUT2D eigenvalue weighted by Crippen LogP contribution is -2.52. The first-order chi connectivity index (χ1) is 10.1. The molecule has 0 saturated heterocycles. The molecule has 0 spiro atoms. The van der Waals surface area contributed by atoms with Crippen molar-refractivity contribution < 1.29 is 13.2 Å². The number of hydrogen-bond acceptors (Lipinski definition) is 5. The SMILES string of the molecule is CC(C)CC(C)(CN)NC(=O)CCn1cc(S(N)(=O)=O)cn1.Cl. The van der Waals surface area contributed by atoms with Crippen molar-refractivity contribution in [3.63, 3.8) is 0 Å². The molecule has 8 nitrogen and oxygen atoms in total. The molecule has 0 aliphatic rings. The number of nitrogens with two attached hydrogens (primary N) is 2. The quantitative estimate of drug-likeness (QED) is 0.604. The third-order valence-corrected chi connectivity index (χ3v) is 4.12. The number of halogens is 1. The molecule has 1 heterocycles. The molecule has 0 radical (unpaired) electrons. The average Bonchev–Trinajstić information content (AvgIpc) is 2.84. The highest BCUT2D eigenvalue weighted by Crippen LogP contribution is 2.15. The van der Waals surface area contributed by atoms with Crippen molar-refractivity contribution in [2.24, 2.45) is 16.8 Å². The van der Waals surface area contributed by atoms with E-state index in [1.807, 2.05) is 6.92 Å². The average molecular weight is 368 g/mol. The van der Waals surface area contributed by atoms with Crippen molar-refractivity contribution in [1.29, 1.82) is 0 Å². The largest absolute Gasteiger partial charge is 0.350 e. The van der Waals surface area contributed by atoms with Gasteiger partial charge in [0.1, 0.15) is 4.90 Å². The zero-order valence-electron chi connectivity index (χ0n) is 13.7. The summed E-state index contributed by atoms with van der Waals surface area (Å²) in [6, 6.07) is 0. The second-order valence-corrected chi connectivity index (χ2v) is 7.71. The summed E-state index contributed by atoms with van der Waals surface area (Å²) >= 11 is 0. The first-order valence-electron chi connectivity index (χ1n) is 7.12. The van der Waals surface area contributed by atoms with Gasteiger partial charge >= 0.3 is 0 Å². The van der Waals surface area contributed by atoms with Crippen LogP contribution in [-0.4, -0.2) is 36.2 Å². The van der Waals surface area contributed by atoms with Crippen LogP contribution < -0.4 is 16.2 Å².